The van der Waals surface area contributed by atoms with Crippen LogP contribution in [0.4, 0.5) is 0 Å². The summed E-state index contributed by atoms with van der Waals surface area (Å²) in [5.41, 5.74) is 0. The van der Waals surface area contributed by atoms with Crippen molar-refractivity contribution in [2.75, 3.05) is 46.6 Å². The number of carbonyl (C=O) groups is 6. The zero-order valence-corrected chi connectivity index (χ0v) is 65.8. The fraction of sp³-hybridized carbons (Fsp3) is 0.839. The van der Waals surface area contributed by atoms with Gasteiger partial charge in [-0.3, -0.25) is 28.8 Å². The van der Waals surface area contributed by atoms with Crippen LogP contribution in [0.1, 0.15) is 413 Å². The maximum Gasteiger partial charge on any atom is 0.306 e. The van der Waals surface area contributed by atoms with Crippen molar-refractivity contribution in [1.82, 2.24) is 4.90 Å². The number of unbranched alkanes of at least 4 members (excludes halogenated alkanes) is 44. The van der Waals surface area contributed by atoms with Crippen molar-refractivity contribution in [1.29, 1.82) is 0 Å². The van der Waals surface area contributed by atoms with Gasteiger partial charge in [-0.05, 0) is 161 Å². The van der Waals surface area contributed by atoms with Crippen LogP contribution in [0.5, 0.6) is 0 Å². The molecule has 0 N–H and O–H groups in total. The lowest BCUT2D eigenvalue weighted by Gasteiger charge is -2.19. The third kappa shape index (κ3) is 74.9. The Balaban J connectivity index is 5.07. The van der Waals surface area contributed by atoms with Gasteiger partial charge in [-0.1, -0.05) is 282 Å². The van der Waals surface area contributed by atoms with E-state index >= 15 is 0 Å². The summed E-state index contributed by atoms with van der Waals surface area (Å²) in [5, 5.41) is 0. The van der Waals surface area contributed by atoms with Gasteiger partial charge >= 0.3 is 35.8 Å². The lowest BCUT2D eigenvalue weighted by Crippen LogP contribution is -2.31. The molecule has 0 aromatic rings. The SMILES string of the molecule is CCCCCCCC/C=C\CCCCCCCC(=O)OCC(COC(=O)CCCN(C)CCCC(=O)OCC(COC(=O)CCCCCCC/C=C\CCCCCCCC)OC(=O)CCCCCCC/C=C\CCCCCCCC)OC(=O)CCCCCCC/C=C\CCCCCCCC. The molecule has 0 bridgehead atoms. The Bertz CT molecular complexity index is 1830. The topological polar surface area (TPSA) is 161 Å². The van der Waals surface area contributed by atoms with Crippen molar-refractivity contribution in [3.8, 4) is 0 Å². The van der Waals surface area contributed by atoms with Crippen LogP contribution in [0.2, 0.25) is 0 Å². The predicted octanol–water partition coefficient (Wildman–Crippen LogP) is 24.6. The fourth-order valence-corrected chi connectivity index (χ4v) is 12.2. The molecule has 0 aliphatic heterocycles. The van der Waals surface area contributed by atoms with Crippen molar-refractivity contribution in [2.45, 2.75) is 425 Å². The van der Waals surface area contributed by atoms with Gasteiger partial charge < -0.3 is 33.3 Å². The molecule has 0 saturated heterocycles. The molecular weight excluding hydrogens is 1250 g/mol. The third-order valence-electron chi connectivity index (χ3n) is 18.7. The minimum Gasteiger partial charge on any atom is -0.462 e. The summed E-state index contributed by atoms with van der Waals surface area (Å²) in [6.45, 7) is 9.42. The van der Waals surface area contributed by atoms with Crippen LogP contribution in [-0.2, 0) is 57.2 Å². The molecule has 582 valence electrons. The van der Waals surface area contributed by atoms with E-state index in [0.29, 0.717) is 38.8 Å². The van der Waals surface area contributed by atoms with Gasteiger partial charge in [-0.25, -0.2) is 0 Å². The van der Waals surface area contributed by atoms with Gasteiger partial charge in [0.15, 0.2) is 12.2 Å². The Kier molecular flexibility index (Phi) is 75.5. The van der Waals surface area contributed by atoms with Gasteiger partial charge in [0.2, 0.25) is 0 Å². The van der Waals surface area contributed by atoms with Gasteiger partial charge in [0.1, 0.15) is 26.4 Å². The van der Waals surface area contributed by atoms with Gasteiger partial charge in [0, 0.05) is 38.5 Å². The smallest absolute Gasteiger partial charge is 0.306 e. The zero-order valence-electron chi connectivity index (χ0n) is 65.8. The first-order valence-electron chi connectivity index (χ1n) is 42.3. The fourth-order valence-electron chi connectivity index (χ4n) is 12.2. The second-order valence-corrected chi connectivity index (χ2v) is 28.8. The summed E-state index contributed by atoms with van der Waals surface area (Å²) in [7, 11) is 1.92. The molecule has 0 radical (unpaired) electrons. The largest absolute Gasteiger partial charge is 0.462 e. The second kappa shape index (κ2) is 78.9. The normalized spacial score (nSPS) is 12.4. The maximum atomic E-state index is 13.1. The lowest BCUT2D eigenvalue weighted by molar-refractivity contribution is -0.167. The van der Waals surface area contributed by atoms with Gasteiger partial charge in [0.25, 0.3) is 0 Å². The number of hydrogen-bond acceptors (Lipinski definition) is 13. The first-order chi connectivity index (χ1) is 49.0. The molecule has 0 heterocycles. The molecule has 2 unspecified atom stereocenters. The lowest BCUT2D eigenvalue weighted by atomic mass is 10.1. The number of hydrogen-bond donors (Lipinski definition) is 0. The molecule has 0 rings (SSSR count). The first-order valence-corrected chi connectivity index (χ1v) is 42.3. The maximum absolute atomic E-state index is 13.1. The van der Waals surface area contributed by atoms with Crippen LogP contribution in [0.15, 0.2) is 48.6 Å². The Morgan fingerprint density at radius 2 is 0.400 bits per heavy atom. The van der Waals surface area contributed by atoms with Crippen molar-refractivity contribution in [3.63, 3.8) is 0 Å². The van der Waals surface area contributed by atoms with Crippen molar-refractivity contribution < 1.29 is 57.2 Å². The van der Waals surface area contributed by atoms with Crippen LogP contribution < -0.4 is 0 Å². The molecular formula is C87H157NO12. The van der Waals surface area contributed by atoms with E-state index in [9.17, 15) is 28.8 Å². The predicted molar refractivity (Wildman–Crippen MR) is 417 cm³/mol. The molecule has 0 aliphatic rings. The third-order valence-corrected chi connectivity index (χ3v) is 18.7. The number of ether oxygens (including phenoxy) is 6. The highest BCUT2D eigenvalue weighted by Crippen LogP contribution is 2.18. The zero-order chi connectivity index (χ0) is 72.8. The summed E-state index contributed by atoms with van der Waals surface area (Å²) in [6, 6.07) is 0. The molecule has 0 spiro atoms. The molecule has 13 nitrogen and oxygen atoms in total. The summed E-state index contributed by atoms with van der Waals surface area (Å²) in [6.07, 6.45) is 79.8. The van der Waals surface area contributed by atoms with E-state index in [0.717, 1.165) is 141 Å². The molecule has 0 aliphatic carbocycles. The summed E-state index contributed by atoms with van der Waals surface area (Å²) < 4.78 is 34.0. The quantitative estimate of drug-likeness (QED) is 0.0245. The molecule has 0 aromatic carbocycles. The Hall–Kier alpha value is -4.26. The number of carbonyl (C=O) groups excluding carboxylic acids is 6. The minimum absolute atomic E-state index is 0.136. The van der Waals surface area contributed by atoms with Crippen LogP contribution in [0.3, 0.4) is 0 Å². The van der Waals surface area contributed by atoms with E-state index in [4.69, 9.17) is 28.4 Å². The monoisotopic (exact) mass is 1410 g/mol. The summed E-state index contributed by atoms with van der Waals surface area (Å²) in [5.74, 6) is -2.35. The number of nitrogens with zero attached hydrogens (tertiary/aromatic N) is 1. The molecule has 0 saturated carbocycles. The van der Waals surface area contributed by atoms with E-state index in [1.165, 1.54) is 180 Å². The number of esters is 6. The molecule has 13 heteroatoms. The van der Waals surface area contributed by atoms with Gasteiger partial charge in [0.05, 0.1) is 0 Å². The van der Waals surface area contributed by atoms with E-state index in [1.54, 1.807) is 0 Å². The van der Waals surface area contributed by atoms with Crippen molar-refractivity contribution in [3.05, 3.63) is 48.6 Å². The highest BCUT2D eigenvalue weighted by Gasteiger charge is 2.22. The van der Waals surface area contributed by atoms with Crippen molar-refractivity contribution >= 4 is 35.8 Å². The average molecular weight is 1410 g/mol. The molecule has 0 amide bonds. The van der Waals surface area contributed by atoms with Gasteiger partial charge in [-0.2, -0.15) is 0 Å². The summed E-state index contributed by atoms with van der Waals surface area (Å²) >= 11 is 0. The first kappa shape index (κ1) is 95.7. The Labute approximate surface area is 615 Å². The van der Waals surface area contributed by atoms with E-state index in [1.807, 2.05) is 11.9 Å². The Morgan fingerprint density at radius 3 is 0.610 bits per heavy atom. The van der Waals surface area contributed by atoms with E-state index in [-0.39, 0.29) is 88.8 Å². The second-order valence-electron chi connectivity index (χ2n) is 28.8. The minimum atomic E-state index is -0.897. The molecule has 0 fully saturated rings. The number of allylic oxidation sites excluding steroid dienone is 8. The molecule has 0 aromatic heterocycles. The highest BCUT2D eigenvalue weighted by molar-refractivity contribution is 5.72. The molecule has 2 atom stereocenters. The van der Waals surface area contributed by atoms with Crippen LogP contribution >= 0.6 is 0 Å². The van der Waals surface area contributed by atoms with E-state index < -0.39 is 24.1 Å². The highest BCUT2D eigenvalue weighted by atomic mass is 16.6. The van der Waals surface area contributed by atoms with Crippen molar-refractivity contribution in [2.24, 2.45) is 0 Å². The van der Waals surface area contributed by atoms with E-state index in [2.05, 4.69) is 76.3 Å². The number of rotatable bonds is 78. The average Bonchev–Trinajstić information content (AvgIpc) is 1.27. The van der Waals surface area contributed by atoms with Crippen LogP contribution in [0.25, 0.3) is 0 Å². The standard InChI is InChI=1S/C87H157NO12/c1-6-10-14-18-22-26-30-34-38-42-46-50-54-58-62-68-82(89)95-76-80(99-86(93)70-64-60-56-52-48-44-40-36-32-28-24-20-16-12-8-3)78-97-84(91)72-66-74-88(5)75-67-73-85(92)98-79-81(100-87(94)71-65-61-57-53-49-45-41-37-33-29-25-21-17-13-9-4)77-96-83(90)69-63-59-55-51-47-43-39-35-31-27-23-19-15-11-7-2/h34-41,80-81H,6-33,42-79H2,1-5H3/b38-34-,39-35-,40-36-,41-37-. The van der Waals surface area contributed by atoms with Crippen LogP contribution in [0, 0.1) is 0 Å². The van der Waals surface area contributed by atoms with Gasteiger partial charge in [-0.15, -0.1) is 0 Å². The Morgan fingerprint density at radius 1 is 0.230 bits per heavy atom. The summed E-state index contributed by atoms with van der Waals surface area (Å²) in [4.78, 5) is 79.9. The molecule has 100 heavy (non-hydrogen) atoms. The van der Waals surface area contributed by atoms with Crippen LogP contribution in [-0.4, -0.2) is 99.5 Å².